The van der Waals surface area contributed by atoms with Crippen molar-refractivity contribution in [2.45, 2.75) is 25.3 Å². The Balaban J connectivity index is 1.45. The molecule has 33 heavy (non-hydrogen) atoms. The minimum atomic E-state index is -0.0734. The van der Waals surface area contributed by atoms with Crippen LogP contribution in [0.2, 0.25) is 0 Å². The summed E-state index contributed by atoms with van der Waals surface area (Å²) in [5.41, 5.74) is 5.94. The van der Waals surface area contributed by atoms with Gasteiger partial charge in [-0.05, 0) is 37.1 Å². The number of carbonyl (C=O) groups is 1. The van der Waals surface area contributed by atoms with Crippen LogP contribution in [0.5, 0.6) is 11.6 Å². The van der Waals surface area contributed by atoms with Gasteiger partial charge in [-0.2, -0.15) is 4.98 Å². The third-order valence-electron chi connectivity index (χ3n) is 5.55. The fourth-order valence-corrected chi connectivity index (χ4v) is 4.53. The maximum absolute atomic E-state index is 12.7. The number of rotatable bonds is 5. The van der Waals surface area contributed by atoms with Crippen LogP contribution < -0.4 is 10.1 Å². The van der Waals surface area contributed by atoms with E-state index in [1.165, 1.54) is 17.3 Å². The van der Waals surface area contributed by atoms with E-state index >= 15 is 0 Å². The summed E-state index contributed by atoms with van der Waals surface area (Å²) >= 11 is 1.41. The largest absolute Gasteiger partial charge is 0.438 e. The van der Waals surface area contributed by atoms with Gasteiger partial charge < -0.3 is 10.1 Å². The summed E-state index contributed by atoms with van der Waals surface area (Å²) in [6.45, 7) is 4.03. The molecular weight excluding hydrogens is 430 g/mol. The van der Waals surface area contributed by atoms with Gasteiger partial charge in [-0.1, -0.05) is 78.0 Å². The summed E-state index contributed by atoms with van der Waals surface area (Å²) in [7, 11) is 0. The number of fused-ring (bicyclic) bond motifs is 2. The number of aryl methyl sites for hydroxylation is 2. The molecule has 0 saturated carbocycles. The van der Waals surface area contributed by atoms with E-state index in [4.69, 9.17) is 14.7 Å². The van der Waals surface area contributed by atoms with Crippen LogP contribution in [0.4, 0.5) is 5.69 Å². The van der Waals surface area contributed by atoms with E-state index in [9.17, 15) is 4.79 Å². The van der Waals surface area contributed by atoms with Gasteiger partial charge in [0.1, 0.15) is 10.8 Å². The van der Waals surface area contributed by atoms with E-state index in [2.05, 4.69) is 5.32 Å². The molecule has 5 nitrogen and oxygen atoms in total. The number of thioether (sulfide) groups is 1. The molecule has 3 aromatic carbocycles. The third kappa shape index (κ3) is 4.61. The molecule has 1 amide bonds. The number of para-hydroxylation sites is 2. The van der Waals surface area contributed by atoms with Gasteiger partial charge in [-0.25, -0.2) is 4.98 Å². The summed E-state index contributed by atoms with van der Waals surface area (Å²) < 4.78 is 6.16. The van der Waals surface area contributed by atoms with Crippen molar-refractivity contribution in [3.63, 3.8) is 0 Å². The average Bonchev–Trinajstić information content (AvgIpc) is 2.83. The number of aromatic nitrogens is 2. The standard InChI is InChI=1S/C27H23N3O2S/c1-17-11-13-19(14-12-17)25-29-26-21(15-20-8-4-6-10-23(20)32-26)27(30-25)33-16-24(31)28-22-9-5-3-7-18(22)2/h3-14H,15-16H2,1-2H3,(H,28,31). The fourth-order valence-electron chi connectivity index (χ4n) is 3.71. The number of nitrogens with zero attached hydrogens (tertiary/aromatic N) is 2. The predicted molar refractivity (Wildman–Crippen MR) is 132 cm³/mol. The average molecular weight is 454 g/mol. The lowest BCUT2D eigenvalue weighted by Gasteiger charge is -2.21. The molecule has 1 aliphatic rings. The minimum Gasteiger partial charge on any atom is -0.438 e. The van der Waals surface area contributed by atoms with Gasteiger partial charge >= 0.3 is 0 Å². The topological polar surface area (TPSA) is 64.1 Å². The molecule has 0 aliphatic carbocycles. The summed E-state index contributed by atoms with van der Waals surface area (Å²) in [5, 5.41) is 3.76. The van der Waals surface area contributed by atoms with Crippen molar-refractivity contribution in [2.75, 3.05) is 11.1 Å². The van der Waals surface area contributed by atoms with Crippen molar-refractivity contribution < 1.29 is 9.53 Å². The molecule has 1 N–H and O–H groups in total. The molecule has 4 aromatic rings. The smallest absolute Gasteiger partial charge is 0.234 e. The Hall–Kier alpha value is -3.64. The van der Waals surface area contributed by atoms with Gasteiger partial charge in [-0.15, -0.1) is 0 Å². The molecule has 1 aromatic heterocycles. The first-order chi connectivity index (χ1) is 16.1. The highest BCUT2D eigenvalue weighted by molar-refractivity contribution is 8.00. The third-order valence-corrected chi connectivity index (χ3v) is 6.56. The Morgan fingerprint density at radius 3 is 2.55 bits per heavy atom. The SMILES string of the molecule is Cc1ccc(-c2nc3c(c(SCC(=O)Nc4ccccc4C)n2)Cc2ccccc2O3)cc1. The van der Waals surface area contributed by atoms with E-state index in [1.807, 2.05) is 86.6 Å². The summed E-state index contributed by atoms with van der Waals surface area (Å²) in [6.07, 6.45) is 0.668. The van der Waals surface area contributed by atoms with Gasteiger partial charge in [0.2, 0.25) is 11.8 Å². The molecule has 0 spiro atoms. The van der Waals surface area contributed by atoms with E-state index in [0.29, 0.717) is 18.1 Å². The molecule has 0 bridgehead atoms. The van der Waals surface area contributed by atoms with Crippen molar-refractivity contribution in [3.8, 4) is 23.0 Å². The first kappa shape index (κ1) is 21.2. The van der Waals surface area contributed by atoms with Gasteiger partial charge in [0.25, 0.3) is 0 Å². The number of nitrogens with one attached hydrogen (secondary N) is 1. The minimum absolute atomic E-state index is 0.0734. The van der Waals surface area contributed by atoms with Crippen LogP contribution in [-0.2, 0) is 11.2 Å². The first-order valence-electron chi connectivity index (χ1n) is 10.8. The van der Waals surface area contributed by atoms with Crippen molar-refractivity contribution in [2.24, 2.45) is 0 Å². The number of carbonyl (C=O) groups excluding carboxylic acids is 1. The molecule has 0 unspecified atom stereocenters. The van der Waals surface area contributed by atoms with Crippen LogP contribution in [0.1, 0.15) is 22.3 Å². The van der Waals surface area contributed by atoms with Crippen LogP contribution >= 0.6 is 11.8 Å². The molecule has 0 radical (unpaired) electrons. The summed E-state index contributed by atoms with van der Waals surface area (Å²) in [5.74, 6) is 2.13. The molecule has 0 saturated heterocycles. The van der Waals surface area contributed by atoms with Crippen molar-refractivity contribution in [3.05, 3.63) is 95.1 Å². The summed E-state index contributed by atoms with van der Waals surface area (Å²) in [4.78, 5) is 22.3. The zero-order valence-corrected chi connectivity index (χ0v) is 19.3. The number of ether oxygens (including phenoxy) is 1. The highest BCUT2D eigenvalue weighted by Crippen LogP contribution is 2.40. The lowest BCUT2D eigenvalue weighted by atomic mass is 10.0. The Morgan fingerprint density at radius 1 is 0.970 bits per heavy atom. The monoisotopic (exact) mass is 453 g/mol. The van der Waals surface area contributed by atoms with Gasteiger partial charge in [0, 0.05) is 17.7 Å². The van der Waals surface area contributed by atoms with Crippen LogP contribution in [0, 0.1) is 13.8 Å². The Morgan fingerprint density at radius 2 is 1.73 bits per heavy atom. The van der Waals surface area contributed by atoms with Gasteiger partial charge in [0.15, 0.2) is 5.82 Å². The van der Waals surface area contributed by atoms with E-state index < -0.39 is 0 Å². The first-order valence-corrected chi connectivity index (χ1v) is 11.8. The number of anilines is 1. The Bertz CT molecular complexity index is 1340. The van der Waals surface area contributed by atoms with Crippen molar-refractivity contribution in [1.82, 2.24) is 9.97 Å². The molecule has 0 atom stereocenters. The lowest BCUT2D eigenvalue weighted by molar-refractivity contribution is -0.113. The zero-order valence-electron chi connectivity index (χ0n) is 18.5. The number of benzene rings is 3. The second-order valence-corrected chi connectivity index (χ2v) is 9.00. The molecule has 164 valence electrons. The van der Waals surface area contributed by atoms with E-state index in [1.54, 1.807) is 0 Å². The highest BCUT2D eigenvalue weighted by Gasteiger charge is 2.24. The maximum atomic E-state index is 12.7. The summed E-state index contributed by atoms with van der Waals surface area (Å²) in [6, 6.07) is 23.8. The normalized spacial score (nSPS) is 11.8. The molecular formula is C27H23N3O2S. The zero-order chi connectivity index (χ0) is 22.8. The molecule has 0 fully saturated rings. The van der Waals surface area contributed by atoms with Gasteiger partial charge in [0.05, 0.1) is 11.3 Å². The fraction of sp³-hybridized carbons (Fsp3) is 0.148. The molecule has 6 heteroatoms. The molecule has 1 aliphatic heterocycles. The van der Waals surface area contributed by atoms with E-state index in [0.717, 1.165) is 38.7 Å². The number of hydrogen-bond acceptors (Lipinski definition) is 5. The predicted octanol–water partition coefficient (Wildman–Crippen LogP) is 6.19. The Kier molecular flexibility index (Phi) is 5.84. The Labute approximate surface area is 197 Å². The molecule has 5 rings (SSSR count). The highest BCUT2D eigenvalue weighted by atomic mass is 32.2. The second kappa shape index (κ2) is 9.08. The maximum Gasteiger partial charge on any atom is 0.234 e. The van der Waals surface area contributed by atoms with Crippen molar-refractivity contribution in [1.29, 1.82) is 0 Å². The van der Waals surface area contributed by atoms with Crippen LogP contribution in [-0.4, -0.2) is 21.6 Å². The van der Waals surface area contributed by atoms with Crippen LogP contribution in [0.15, 0.2) is 77.8 Å². The van der Waals surface area contributed by atoms with Gasteiger partial charge in [-0.3, -0.25) is 4.79 Å². The van der Waals surface area contributed by atoms with Crippen LogP contribution in [0.25, 0.3) is 11.4 Å². The van der Waals surface area contributed by atoms with Crippen molar-refractivity contribution >= 4 is 23.4 Å². The number of hydrogen-bond donors (Lipinski definition) is 1. The van der Waals surface area contributed by atoms with E-state index in [-0.39, 0.29) is 11.7 Å². The molecule has 2 heterocycles. The lowest BCUT2D eigenvalue weighted by Crippen LogP contribution is -2.16. The quantitative estimate of drug-likeness (QED) is 0.254. The van der Waals surface area contributed by atoms with Crippen LogP contribution in [0.3, 0.4) is 0 Å². The number of amides is 1. The second-order valence-electron chi connectivity index (χ2n) is 8.04.